The van der Waals surface area contributed by atoms with Crippen molar-refractivity contribution in [1.82, 2.24) is 15.1 Å². The highest BCUT2D eigenvalue weighted by Gasteiger charge is 2.10. The van der Waals surface area contributed by atoms with E-state index >= 15 is 0 Å². The summed E-state index contributed by atoms with van der Waals surface area (Å²) >= 11 is 3.44. The van der Waals surface area contributed by atoms with Crippen LogP contribution in [0, 0.1) is 6.92 Å². The summed E-state index contributed by atoms with van der Waals surface area (Å²) in [6.45, 7) is 4.56. The summed E-state index contributed by atoms with van der Waals surface area (Å²) in [4.78, 5) is 12.1. The minimum Gasteiger partial charge on any atom is -0.348 e. The molecule has 0 aliphatic carbocycles. The van der Waals surface area contributed by atoms with E-state index in [1.165, 1.54) is 0 Å². The van der Waals surface area contributed by atoms with E-state index in [4.69, 9.17) is 0 Å². The van der Waals surface area contributed by atoms with Gasteiger partial charge in [-0.1, -0.05) is 28.9 Å². The first kappa shape index (κ1) is 14.8. The predicted molar refractivity (Wildman–Crippen MR) is 82.6 cm³/mol. The third-order valence-electron chi connectivity index (χ3n) is 3.20. The summed E-state index contributed by atoms with van der Waals surface area (Å²) in [5.41, 5.74) is 3.86. The molecule has 2 aromatic rings. The van der Waals surface area contributed by atoms with Crippen LogP contribution in [-0.4, -0.2) is 15.7 Å². The Kier molecular flexibility index (Phi) is 4.60. The van der Waals surface area contributed by atoms with Crippen LogP contribution in [0.5, 0.6) is 0 Å². The summed E-state index contributed by atoms with van der Waals surface area (Å²) < 4.78 is 2.73. The molecule has 5 heteroatoms. The monoisotopic (exact) mass is 335 g/mol. The van der Waals surface area contributed by atoms with E-state index in [1.807, 2.05) is 38.4 Å². The van der Waals surface area contributed by atoms with Crippen LogP contribution in [0.25, 0.3) is 0 Å². The van der Waals surface area contributed by atoms with E-state index in [-0.39, 0.29) is 5.91 Å². The second-order valence-electron chi connectivity index (χ2n) is 4.77. The fraction of sp³-hybridized carbons (Fsp3) is 0.333. The number of carbonyl (C=O) groups is 1. The van der Waals surface area contributed by atoms with Crippen molar-refractivity contribution in [3.63, 3.8) is 0 Å². The highest BCUT2D eigenvalue weighted by molar-refractivity contribution is 9.10. The summed E-state index contributed by atoms with van der Waals surface area (Å²) in [6, 6.07) is 5.61. The Hall–Kier alpha value is -1.62. The van der Waals surface area contributed by atoms with Crippen LogP contribution in [0.4, 0.5) is 0 Å². The number of aromatic nitrogens is 2. The maximum absolute atomic E-state index is 12.1. The molecule has 0 spiro atoms. The summed E-state index contributed by atoms with van der Waals surface area (Å²) in [5, 5.41) is 7.30. The minimum absolute atomic E-state index is 0.0726. The number of benzene rings is 1. The lowest BCUT2D eigenvalue weighted by Crippen LogP contribution is -2.23. The summed E-state index contributed by atoms with van der Waals surface area (Å²) in [7, 11) is 1.89. The van der Waals surface area contributed by atoms with Gasteiger partial charge in [-0.25, -0.2) is 0 Å². The van der Waals surface area contributed by atoms with Crippen molar-refractivity contribution in [2.24, 2.45) is 7.05 Å². The van der Waals surface area contributed by atoms with Crippen LogP contribution < -0.4 is 5.32 Å². The van der Waals surface area contributed by atoms with E-state index in [9.17, 15) is 4.79 Å². The topological polar surface area (TPSA) is 46.9 Å². The Bertz CT molecular complexity index is 634. The van der Waals surface area contributed by atoms with Gasteiger partial charge in [0.1, 0.15) is 0 Å². The zero-order valence-electron chi connectivity index (χ0n) is 11.9. The molecule has 1 aromatic carbocycles. The summed E-state index contributed by atoms with van der Waals surface area (Å²) in [6.07, 6.45) is 2.81. The van der Waals surface area contributed by atoms with Gasteiger partial charge in [0, 0.05) is 35.4 Å². The van der Waals surface area contributed by atoms with Gasteiger partial charge in [-0.15, -0.1) is 0 Å². The quantitative estimate of drug-likeness (QED) is 0.933. The number of nitrogens with zero attached hydrogens (tertiary/aromatic N) is 2. The average molecular weight is 336 g/mol. The van der Waals surface area contributed by atoms with Crippen molar-refractivity contribution in [1.29, 1.82) is 0 Å². The van der Waals surface area contributed by atoms with Crippen LogP contribution in [0.15, 0.2) is 28.9 Å². The van der Waals surface area contributed by atoms with E-state index in [1.54, 1.807) is 4.68 Å². The second-order valence-corrected chi connectivity index (χ2v) is 5.63. The van der Waals surface area contributed by atoms with Crippen molar-refractivity contribution in [2.45, 2.75) is 26.8 Å². The van der Waals surface area contributed by atoms with E-state index in [2.05, 4.69) is 33.3 Å². The molecule has 1 heterocycles. The molecule has 20 heavy (non-hydrogen) atoms. The van der Waals surface area contributed by atoms with Crippen LogP contribution in [-0.2, 0) is 20.0 Å². The molecule has 0 bridgehead atoms. The molecule has 0 saturated carbocycles. The molecule has 1 amide bonds. The third-order valence-corrected chi connectivity index (χ3v) is 4.05. The van der Waals surface area contributed by atoms with E-state index in [0.717, 1.165) is 27.7 Å². The molecule has 0 unspecified atom stereocenters. The number of amides is 1. The molecule has 0 fully saturated rings. The first-order valence-electron chi connectivity index (χ1n) is 6.57. The predicted octanol–water partition coefficient (Wildman–Crippen LogP) is 2.98. The van der Waals surface area contributed by atoms with Crippen molar-refractivity contribution < 1.29 is 4.79 Å². The molecule has 4 nitrogen and oxygen atoms in total. The standard InChI is InChI=1S/C15H18BrN3O/c1-4-14-12(9-19(3)18-14)8-17-15(20)11-6-5-10(2)13(16)7-11/h5-7,9H,4,8H2,1-3H3,(H,17,20). The molecule has 106 valence electrons. The van der Waals surface area contributed by atoms with Crippen molar-refractivity contribution in [3.05, 3.63) is 51.3 Å². The van der Waals surface area contributed by atoms with Gasteiger partial charge in [0.25, 0.3) is 5.91 Å². The van der Waals surface area contributed by atoms with Crippen molar-refractivity contribution >= 4 is 21.8 Å². The van der Waals surface area contributed by atoms with Gasteiger partial charge in [-0.2, -0.15) is 5.10 Å². The van der Waals surface area contributed by atoms with Gasteiger partial charge in [0.05, 0.1) is 5.69 Å². The molecule has 0 atom stereocenters. The first-order chi connectivity index (χ1) is 9.51. The maximum Gasteiger partial charge on any atom is 0.251 e. The summed E-state index contributed by atoms with van der Waals surface area (Å²) in [5.74, 6) is -0.0726. The van der Waals surface area contributed by atoms with E-state index in [0.29, 0.717) is 12.1 Å². The van der Waals surface area contributed by atoms with Crippen LogP contribution in [0.1, 0.15) is 34.1 Å². The van der Waals surface area contributed by atoms with Gasteiger partial charge in [-0.05, 0) is 31.0 Å². The fourth-order valence-corrected chi connectivity index (χ4v) is 2.42. The molecule has 0 saturated heterocycles. The SMILES string of the molecule is CCc1nn(C)cc1CNC(=O)c1ccc(C)c(Br)c1. The zero-order valence-corrected chi connectivity index (χ0v) is 13.5. The molecule has 1 N–H and O–H groups in total. The van der Waals surface area contributed by atoms with Crippen LogP contribution in [0.2, 0.25) is 0 Å². The normalized spacial score (nSPS) is 10.6. The molecule has 2 rings (SSSR count). The van der Waals surface area contributed by atoms with Gasteiger partial charge in [0.2, 0.25) is 0 Å². The molecule has 0 aliphatic rings. The Morgan fingerprint density at radius 1 is 1.45 bits per heavy atom. The second kappa shape index (κ2) is 6.22. The lowest BCUT2D eigenvalue weighted by Gasteiger charge is -2.06. The largest absolute Gasteiger partial charge is 0.348 e. The van der Waals surface area contributed by atoms with Crippen molar-refractivity contribution in [3.8, 4) is 0 Å². The van der Waals surface area contributed by atoms with Gasteiger partial charge < -0.3 is 5.32 Å². The lowest BCUT2D eigenvalue weighted by atomic mass is 10.1. The van der Waals surface area contributed by atoms with Gasteiger partial charge in [-0.3, -0.25) is 9.48 Å². The Morgan fingerprint density at radius 2 is 2.20 bits per heavy atom. The average Bonchev–Trinajstić information content (AvgIpc) is 2.79. The van der Waals surface area contributed by atoms with Gasteiger partial charge in [0.15, 0.2) is 0 Å². The Labute approximate surface area is 127 Å². The third kappa shape index (κ3) is 3.28. The molecular formula is C15H18BrN3O. The lowest BCUT2D eigenvalue weighted by molar-refractivity contribution is 0.0951. The zero-order chi connectivity index (χ0) is 14.7. The Balaban J connectivity index is 2.06. The fourth-order valence-electron chi connectivity index (χ4n) is 2.04. The van der Waals surface area contributed by atoms with Gasteiger partial charge >= 0.3 is 0 Å². The molecule has 0 aliphatic heterocycles. The number of hydrogen-bond acceptors (Lipinski definition) is 2. The van der Waals surface area contributed by atoms with Crippen LogP contribution >= 0.6 is 15.9 Å². The molecule has 1 aromatic heterocycles. The smallest absolute Gasteiger partial charge is 0.251 e. The minimum atomic E-state index is -0.0726. The number of hydrogen-bond donors (Lipinski definition) is 1. The number of halogens is 1. The van der Waals surface area contributed by atoms with Crippen molar-refractivity contribution in [2.75, 3.05) is 0 Å². The number of rotatable bonds is 4. The number of nitrogens with one attached hydrogen (secondary N) is 1. The van der Waals surface area contributed by atoms with E-state index < -0.39 is 0 Å². The highest BCUT2D eigenvalue weighted by Crippen LogP contribution is 2.17. The maximum atomic E-state index is 12.1. The molecular weight excluding hydrogens is 318 g/mol. The Morgan fingerprint density at radius 3 is 2.85 bits per heavy atom. The number of carbonyl (C=O) groups excluding carboxylic acids is 1. The first-order valence-corrected chi connectivity index (χ1v) is 7.36. The molecule has 0 radical (unpaired) electrons. The number of aryl methyl sites for hydroxylation is 3. The van der Waals surface area contributed by atoms with Crippen LogP contribution in [0.3, 0.4) is 0 Å². The highest BCUT2D eigenvalue weighted by atomic mass is 79.9.